The molecule has 38 heavy (non-hydrogen) atoms. The lowest BCUT2D eigenvalue weighted by atomic mass is 10.2. The number of imide groups is 1. The van der Waals surface area contributed by atoms with Gasteiger partial charge in [-0.15, -0.1) is 0 Å². The van der Waals surface area contributed by atoms with Crippen LogP contribution >= 0.6 is 0 Å². The highest BCUT2D eigenvalue weighted by atomic mass is 32.2. The highest BCUT2D eigenvalue weighted by molar-refractivity contribution is 7.87. The van der Waals surface area contributed by atoms with Gasteiger partial charge in [-0.2, -0.15) is 13.5 Å². The van der Waals surface area contributed by atoms with Crippen molar-refractivity contribution in [2.75, 3.05) is 25.1 Å². The van der Waals surface area contributed by atoms with E-state index in [4.69, 9.17) is 5.73 Å². The van der Waals surface area contributed by atoms with Crippen molar-refractivity contribution in [1.29, 1.82) is 0 Å². The minimum Gasteiger partial charge on any atom is -0.449 e. The molecule has 1 aromatic carbocycles. The van der Waals surface area contributed by atoms with Crippen LogP contribution in [0.1, 0.15) is 0 Å². The van der Waals surface area contributed by atoms with E-state index in [1.165, 1.54) is 0 Å². The first-order valence-corrected chi connectivity index (χ1v) is 11.3. The van der Waals surface area contributed by atoms with Gasteiger partial charge in [0.15, 0.2) is 0 Å². The summed E-state index contributed by atoms with van der Waals surface area (Å²) < 4.78 is 36.7. The Bertz CT molecular complexity index is 1320. The van der Waals surface area contributed by atoms with Gasteiger partial charge < -0.3 is 15.8 Å². The van der Waals surface area contributed by atoms with Crippen LogP contribution in [0.4, 0.5) is 17.1 Å². The zero-order chi connectivity index (χ0) is 28.9. The molecule has 0 aliphatic carbocycles. The summed E-state index contributed by atoms with van der Waals surface area (Å²) in [7, 11) is -5.39. The molecule has 0 aromatic heterocycles. The number of rotatable bonds is 11. The molecule has 0 radical (unpaired) electrons. The first-order valence-electron chi connectivity index (χ1n) is 9.77. The largest absolute Gasteiger partial charge is 0.449 e. The summed E-state index contributed by atoms with van der Waals surface area (Å²) in [5.74, 6) is -7.27. The van der Waals surface area contributed by atoms with Crippen LogP contribution in [0.5, 0.6) is 0 Å². The zero-order valence-corrected chi connectivity index (χ0v) is 19.4. The molecule has 2 atom stereocenters. The third kappa shape index (κ3) is 6.69. The number of ether oxygens (including phenoxy) is 1. The summed E-state index contributed by atoms with van der Waals surface area (Å²) >= 11 is 0. The number of nitro benzene ring substituents is 2. The maximum atomic E-state index is 12.6. The number of hydrogen-bond acceptors (Lipinski definition) is 15. The van der Waals surface area contributed by atoms with Gasteiger partial charge in [-0.25, -0.2) is 5.01 Å². The molecule has 4 amide bonds. The maximum absolute atomic E-state index is 12.6. The molecule has 2 rings (SSSR count). The van der Waals surface area contributed by atoms with Gasteiger partial charge in [-0.1, -0.05) is 0 Å². The molecule has 21 nitrogen and oxygen atoms in total. The quantitative estimate of drug-likeness (QED) is 0.0438. The van der Waals surface area contributed by atoms with Crippen LogP contribution in [0.15, 0.2) is 18.2 Å². The zero-order valence-electron chi connectivity index (χ0n) is 18.6. The molecule has 6 N–H and O–H groups in total. The number of nitro groups is 2. The predicted octanol–water partition coefficient (Wildman–Crippen LogP) is -3.34. The number of benzene rings is 1. The molecule has 0 bridgehead atoms. The highest BCUT2D eigenvalue weighted by Crippen LogP contribution is 2.29. The number of carbonyl (C=O) groups is 5. The number of nitrogens with zero attached hydrogens (tertiary/aromatic N) is 4. The van der Waals surface area contributed by atoms with Crippen molar-refractivity contribution < 1.29 is 56.7 Å². The number of hydrogen-bond donors (Lipinski definition) is 5. The van der Waals surface area contributed by atoms with E-state index in [2.05, 4.69) is 10.2 Å². The number of nitrogens with one attached hydrogen (secondary N) is 2. The standard InChI is InChI=1S/C16H17N7O14S/c17-4-10(24)18-5-11(25)20(19-8-2-1-7(22(30)31)3-9(8)23(32)33)6-12(26)37-13-14(38(34,35)36)16(28)21(29)15(13)27/h1-3,13-14,19,29H,4-6,17H2,(H,18,24)(H,34,35,36). The molecular formula is C16H17N7O14S. The van der Waals surface area contributed by atoms with E-state index in [9.17, 15) is 62.4 Å². The van der Waals surface area contributed by atoms with Gasteiger partial charge in [0.05, 0.1) is 29.0 Å². The van der Waals surface area contributed by atoms with Crippen molar-refractivity contribution in [2.45, 2.75) is 11.4 Å². The van der Waals surface area contributed by atoms with E-state index in [1.807, 2.05) is 5.32 Å². The second-order valence-corrected chi connectivity index (χ2v) is 8.66. The summed E-state index contributed by atoms with van der Waals surface area (Å²) in [5, 5.41) is 30.5. The predicted molar refractivity (Wildman–Crippen MR) is 116 cm³/mol. The van der Waals surface area contributed by atoms with Crippen LogP contribution in [-0.2, 0) is 38.8 Å². The van der Waals surface area contributed by atoms with Crippen molar-refractivity contribution in [3.63, 3.8) is 0 Å². The highest BCUT2D eigenvalue weighted by Gasteiger charge is 2.56. The molecule has 22 heteroatoms. The van der Waals surface area contributed by atoms with Gasteiger partial charge in [0.2, 0.25) is 17.3 Å². The van der Waals surface area contributed by atoms with E-state index in [-0.39, 0.29) is 5.01 Å². The molecule has 0 saturated carbocycles. The number of amides is 4. The van der Waals surface area contributed by atoms with E-state index in [1.54, 1.807) is 0 Å². The average Bonchev–Trinajstić information content (AvgIpc) is 3.04. The molecule has 1 aromatic rings. The van der Waals surface area contributed by atoms with Gasteiger partial charge >= 0.3 is 11.7 Å². The van der Waals surface area contributed by atoms with E-state index in [0.717, 1.165) is 12.1 Å². The number of non-ortho nitro benzene ring substituents is 1. The Hall–Kier alpha value is -4.80. The van der Waals surface area contributed by atoms with Crippen LogP contribution in [0, 0.1) is 20.2 Å². The van der Waals surface area contributed by atoms with Gasteiger partial charge in [0.25, 0.3) is 33.5 Å². The monoisotopic (exact) mass is 563 g/mol. The minimum absolute atomic E-state index is 0.285. The lowest BCUT2D eigenvalue weighted by molar-refractivity contribution is -0.393. The Balaban J connectivity index is 2.36. The lowest BCUT2D eigenvalue weighted by Crippen LogP contribution is -2.48. The average molecular weight is 563 g/mol. The summed E-state index contributed by atoms with van der Waals surface area (Å²) in [6.45, 7) is -2.70. The van der Waals surface area contributed by atoms with Gasteiger partial charge in [-0.3, -0.25) is 59.4 Å². The molecule has 1 heterocycles. The molecule has 0 spiro atoms. The van der Waals surface area contributed by atoms with Crippen LogP contribution in [0.2, 0.25) is 0 Å². The lowest BCUT2D eigenvalue weighted by Gasteiger charge is -2.24. The topological polar surface area (TPSA) is 312 Å². The van der Waals surface area contributed by atoms with Crippen molar-refractivity contribution >= 4 is 56.8 Å². The smallest absolute Gasteiger partial charge is 0.328 e. The van der Waals surface area contributed by atoms with Crippen LogP contribution in [0.3, 0.4) is 0 Å². The third-order valence-electron chi connectivity index (χ3n) is 4.61. The van der Waals surface area contributed by atoms with Crippen molar-refractivity contribution in [2.24, 2.45) is 5.73 Å². The van der Waals surface area contributed by atoms with Crippen molar-refractivity contribution in [3.8, 4) is 0 Å². The second-order valence-electron chi connectivity index (χ2n) is 7.12. The molecule has 1 aliphatic rings. The minimum atomic E-state index is -5.39. The number of carbonyl (C=O) groups excluding carboxylic acids is 5. The SMILES string of the molecule is NCC(=O)NCC(=O)N(CC(=O)OC1C(=O)N(O)C(=O)C1S(=O)(=O)O)Nc1ccc([N+](=O)[O-])cc1[N+](=O)[O-]. The Kier molecular flexibility index (Phi) is 8.91. The fourth-order valence-electron chi connectivity index (χ4n) is 2.87. The normalized spacial score (nSPS) is 17.1. The molecular weight excluding hydrogens is 546 g/mol. The summed E-state index contributed by atoms with van der Waals surface area (Å²) in [5.41, 5.74) is 5.00. The van der Waals surface area contributed by atoms with E-state index < -0.39 is 103 Å². The molecule has 1 aliphatic heterocycles. The van der Waals surface area contributed by atoms with Crippen LogP contribution in [0.25, 0.3) is 0 Å². The number of esters is 1. The number of nitrogens with two attached hydrogens (primary N) is 1. The van der Waals surface area contributed by atoms with Crippen LogP contribution in [-0.4, -0.2) is 98.7 Å². The van der Waals surface area contributed by atoms with E-state index in [0.29, 0.717) is 6.07 Å². The fourth-order valence-corrected chi connectivity index (χ4v) is 3.71. The van der Waals surface area contributed by atoms with Crippen molar-refractivity contribution in [1.82, 2.24) is 15.4 Å². The molecule has 1 fully saturated rings. The number of hydroxylamine groups is 2. The Morgan fingerprint density at radius 2 is 1.79 bits per heavy atom. The van der Waals surface area contributed by atoms with Gasteiger partial charge in [-0.05, 0) is 6.07 Å². The Labute approximate surface area is 210 Å². The van der Waals surface area contributed by atoms with E-state index >= 15 is 0 Å². The third-order valence-corrected chi connectivity index (χ3v) is 5.70. The maximum Gasteiger partial charge on any atom is 0.328 e. The molecule has 206 valence electrons. The molecule has 1 saturated heterocycles. The second kappa shape index (κ2) is 11.5. The number of anilines is 1. The van der Waals surface area contributed by atoms with Crippen LogP contribution < -0.4 is 16.5 Å². The van der Waals surface area contributed by atoms with Gasteiger partial charge in [0.1, 0.15) is 12.2 Å². The Morgan fingerprint density at radius 1 is 1.16 bits per heavy atom. The summed E-state index contributed by atoms with van der Waals surface area (Å²) in [6, 6.07) is 2.13. The first kappa shape index (κ1) is 29.4. The number of hydrazine groups is 1. The fraction of sp³-hybridized carbons (Fsp3) is 0.312. The molecule has 2 unspecified atom stereocenters. The van der Waals surface area contributed by atoms with Crippen molar-refractivity contribution in [3.05, 3.63) is 38.4 Å². The first-order chi connectivity index (χ1) is 17.6. The Morgan fingerprint density at radius 3 is 2.32 bits per heavy atom. The summed E-state index contributed by atoms with van der Waals surface area (Å²) in [6.07, 6.45) is -2.57. The summed E-state index contributed by atoms with van der Waals surface area (Å²) in [4.78, 5) is 80.5. The van der Waals surface area contributed by atoms with Gasteiger partial charge in [0, 0.05) is 6.07 Å².